The molecule has 6 nitrogen and oxygen atoms in total. The molecule has 3 rings (SSSR count). The molecule has 22 heavy (non-hydrogen) atoms. The summed E-state index contributed by atoms with van der Waals surface area (Å²) >= 11 is 0. The molecule has 2 fully saturated rings. The Kier molecular flexibility index (Phi) is 4.04. The number of hydrogen-bond acceptors (Lipinski definition) is 4. The van der Waals surface area contributed by atoms with Gasteiger partial charge in [-0.3, -0.25) is 14.3 Å². The SMILES string of the molecule is Cn1cc(C(=O)CC2CCCN2C(=O)C2(O)CCCC2)cn1. The summed E-state index contributed by atoms with van der Waals surface area (Å²) in [5, 5.41) is 14.5. The molecule has 0 spiro atoms. The quantitative estimate of drug-likeness (QED) is 0.851. The van der Waals surface area contributed by atoms with Crippen molar-refractivity contribution >= 4 is 11.7 Å². The van der Waals surface area contributed by atoms with E-state index in [0.717, 1.165) is 25.7 Å². The lowest BCUT2D eigenvalue weighted by Gasteiger charge is -2.31. The van der Waals surface area contributed by atoms with E-state index in [1.165, 1.54) is 0 Å². The Bertz CT molecular complexity index is 575. The second kappa shape index (κ2) is 5.83. The molecule has 6 heteroatoms. The first-order valence-corrected chi connectivity index (χ1v) is 8.05. The van der Waals surface area contributed by atoms with E-state index in [2.05, 4.69) is 5.10 Å². The number of Topliss-reactive ketones (excluding diaryl/α,β-unsaturated/α-hetero) is 1. The van der Waals surface area contributed by atoms with Crippen LogP contribution in [0.3, 0.4) is 0 Å². The van der Waals surface area contributed by atoms with E-state index < -0.39 is 5.60 Å². The third kappa shape index (κ3) is 2.79. The second-order valence-corrected chi connectivity index (χ2v) is 6.56. The summed E-state index contributed by atoms with van der Waals surface area (Å²) in [5.41, 5.74) is -0.610. The number of carbonyl (C=O) groups excluding carboxylic acids is 2. The molecule has 1 amide bonds. The number of ketones is 1. The Labute approximate surface area is 130 Å². The van der Waals surface area contributed by atoms with Crippen molar-refractivity contribution in [3.63, 3.8) is 0 Å². The van der Waals surface area contributed by atoms with Crippen molar-refractivity contribution in [1.29, 1.82) is 0 Å². The lowest BCUT2D eigenvalue weighted by Crippen LogP contribution is -2.49. The minimum Gasteiger partial charge on any atom is -0.380 e. The lowest BCUT2D eigenvalue weighted by molar-refractivity contribution is -0.151. The maximum Gasteiger partial charge on any atom is 0.254 e. The van der Waals surface area contributed by atoms with Gasteiger partial charge in [-0.2, -0.15) is 5.10 Å². The Balaban J connectivity index is 1.68. The Morgan fingerprint density at radius 3 is 2.73 bits per heavy atom. The highest BCUT2D eigenvalue weighted by Crippen LogP contribution is 2.34. The second-order valence-electron chi connectivity index (χ2n) is 6.56. The Morgan fingerprint density at radius 1 is 1.36 bits per heavy atom. The maximum atomic E-state index is 12.7. The fourth-order valence-electron chi connectivity index (χ4n) is 3.65. The monoisotopic (exact) mass is 305 g/mol. The molecule has 1 aromatic heterocycles. The first-order valence-electron chi connectivity index (χ1n) is 8.05. The average molecular weight is 305 g/mol. The molecule has 1 saturated heterocycles. The smallest absolute Gasteiger partial charge is 0.254 e. The number of aryl methyl sites for hydroxylation is 1. The molecular formula is C16H23N3O3. The molecule has 1 aliphatic heterocycles. The van der Waals surface area contributed by atoms with Gasteiger partial charge >= 0.3 is 0 Å². The third-order valence-corrected chi connectivity index (χ3v) is 4.91. The van der Waals surface area contributed by atoms with Crippen LogP contribution in [0.5, 0.6) is 0 Å². The van der Waals surface area contributed by atoms with Gasteiger partial charge in [0.05, 0.1) is 11.8 Å². The van der Waals surface area contributed by atoms with E-state index in [1.54, 1.807) is 29.0 Å². The van der Waals surface area contributed by atoms with Gasteiger partial charge in [-0.15, -0.1) is 0 Å². The molecular weight excluding hydrogens is 282 g/mol. The zero-order valence-corrected chi connectivity index (χ0v) is 13.0. The number of likely N-dealkylation sites (tertiary alicyclic amines) is 1. The summed E-state index contributed by atoms with van der Waals surface area (Å²) in [4.78, 5) is 26.7. The van der Waals surface area contributed by atoms with Crippen LogP contribution in [0.2, 0.25) is 0 Å². The molecule has 1 unspecified atom stereocenters. The van der Waals surface area contributed by atoms with E-state index in [-0.39, 0.29) is 17.7 Å². The molecule has 2 aliphatic rings. The van der Waals surface area contributed by atoms with Gasteiger partial charge in [0.1, 0.15) is 5.60 Å². The highest BCUT2D eigenvalue weighted by atomic mass is 16.3. The number of rotatable bonds is 4. The first kappa shape index (κ1) is 15.2. The summed E-state index contributed by atoms with van der Waals surface area (Å²) < 4.78 is 1.60. The van der Waals surface area contributed by atoms with Gasteiger partial charge in [-0.1, -0.05) is 0 Å². The predicted octanol–water partition coefficient (Wildman–Crippen LogP) is 1.29. The number of amides is 1. The van der Waals surface area contributed by atoms with Crippen LogP contribution >= 0.6 is 0 Å². The van der Waals surface area contributed by atoms with Crippen molar-refractivity contribution in [2.45, 2.75) is 56.6 Å². The standard InChI is InChI=1S/C16H23N3O3/c1-18-11-12(10-17-18)14(20)9-13-5-4-8-19(13)15(21)16(22)6-2-3-7-16/h10-11,13,22H,2-9H2,1H3. The zero-order valence-electron chi connectivity index (χ0n) is 13.0. The van der Waals surface area contributed by atoms with E-state index in [0.29, 0.717) is 31.4 Å². The number of hydrogen-bond donors (Lipinski definition) is 1. The van der Waals surface area contributed by atoms with Gasteiger partial charge in [-0.05, 0) is 38.5 Å². The average Bonchev–Trinajstić information content (AvgIpc) is 3.20. The molecule has 1 N–H and O–H groups in total. The highest BCUT2D eigenvalue weighted by Gasteiger charge is 2.44. The van der Waals surface area contributed by atoms with Crippen molar-refractivity contribution in [1.82, 2.24) is 14.7 Å². The normalized spacial score (nSPS) is 23.9. The van der Waals surface area contributed by atoms with Crippen molar-refractivity contribution < 1.29 is 14.7 Å². The van der Waals surface area contributed by atoms with Gasteiger partial charge in [0.25, 0.3) is 5.91 Å². The van der Waals surface area contributed by atoms with E-state index in [4.69, 9.17) is 0 Å². The summed E-state index contributed by atoms with van der Waals surface area (Å²) in [6, 6.07) is -0.0927. The van der Waals surface area contributed by atoms with Gasteiger partial charge in [0, 0.05) is 32.3 Å². The van der Waals surface area contributed by atoms with Crippen LogP contribution in [0.25, 0.3) is 0 Å². The highest BCUT2D eigenvalue weighted by molar-refractivity contribution is 5.96. The van der Waals surface area contributed by atoms with Crippen LogP contribution in [-0.2, 0) is 11.8 Å². The third-order valence-electron chi connectivity index (χ3n) is 4.91. The largest absolute Gasteiger partial charge is 0.380 e. The number of aliphatic hydroxyl groups is 1. The number of nitrogens with zero attached hydrogens (tertiary/aromatic N) is 3. The number of aromatic nitrogens is 2. The Morgan fingerprint density at radius 2 is 2.09 bits per heavy atom. The first-order chi connectivity index (χ1) is 10.5. The Hall–Kier alpha value is -1.69. The molecule has 1 aliphatic carbocycles. The molecule has 0 radical (unpaired) electrons. The fraction of sp³-hybridized carbons (Fsp3) is 0.688. The summed E-state index contributed by atoms with van der Waals surface area (Å²) in [6.45, 7) is 0.645. The zero-order chi connectivity index (χ0) is 15.7. The van der Waals surface area contributed by atoms with Crippen LogP contribution in [0.15, 0.2) is 12.4 Å². The van der Waals surface area contributed by atoms with Crippen LogP contribution < -0.4 is 0 Å². The summed E-state index contributed by atoms with van der Waals surface area (Å²) in [7, 11) is 1.78. The van der Waals surface area contributed by atoms with Crippen molar-refractivity contribution in [3.8, 4) is 0 Å². The molecule has 1 saturated carbocycles. The van der Waals surface area contributed by atoms with Crippen LogP contribution in [-0.4, -0.2) is 49.7 Å². The van der Waals surface area contributed by atoms with E-state index in [9.17, 15) is 14.7 Å². The molecule has 0 aromatic carbocycles. The van der Waals surface area contributed by atoms with Crippen LogP contribution in [0.1, 0.15) is 55.3 Å². The van der Waals surface area contributed by atoms with Gasteiger partial charge in [-0.25, -0.2) is 0 Å². The van der Waals surface area contributed by atoms with E-state index in [1.807, 2.05) is 0 Å². The molecule has 1 atom stereocenters. The topological polar surface area (TPSA) is 75.4 Å². The molecule has 0 bridgehead atoms. The van der Waals surface area contributed by atoms with Gasteiger partial charge < -0.3 is 10.0 Å². The van der Waals surface area contributed by atoms with Crippen molar-refractivity contribution in [2.24, 2.45) is 7.05 Å². The molecule has 1 aromatic rings. The summed E-state index contributed by atoms with van der Waals surface area (Å²) in [5.74, 6) is -0.164. The van der Waals surface area contributed by atoms with Crippen molar-refractivity contribution in [2.75, 3.05) is 6.54 Å². The summed E-state index contributed by atoms with van der Waals surface area (Å²) in [6.07, 6.45) is 8.19. The van der Waals surface area contributed by atoms with Gasteiger partial charge in [0.15, 0.2) is 5.78 Å². The fourth-order valence-corrected chi connectivity index (χ4v) is 3.65. The molecule has 120 valence electrons. The van der Waals surface area contributed by atoms with Crippen molar-refractivity contribution in [3.05, 3.63) is 18.0 Å². The van der Waals surface area contributed by atoms with E-state index >= 15 is 0 Å². The van der Waals surface area contributed by atoms with Crippen LogP contribution in [0.4, 0.5) is 0 Å². The molecule has 2 heterocycles. The maximum absolute atomic E-state index is 12.7. The predicted molar refractivity (Wildman–Crippen MR) is 80.3 cm³/mol. The van der Waals surface area contributed by atoms with Gasteiger partial charge in [0.2, 0.25) is 0 Å². The lowest BCUT2D eigenvalue weighted by atomic mass is 9.98. The minimum atomic E-state index is -1.19. The van der Waals surface area contributed by atoms with Crippen LogP contribution in [0, 0.1) is 0 Å². The minimum absolute atomic E-state index is 0.0104. The number of carbonyl (C=O) groups is 2.